The van der Waals surface area contributed by atoms with Crippen molar-refractivity contribution in [2.75, 3.05) is 6.54 Å². The van der Waals surface area contributed by atoms with Gasteiger partial charge in [0.2, 0.25) is 0 Å². The smallest absolute Gasteiger partial charge is 0.423 e. The molecule has 1 aliphatic rings. The van der Waals surface area contributed by atoms with Crippen molar-refractivity contribution in [1.29, 1.82) is 0 Å². The van der Waals surface area contributed by atoms with Crippen molar-refractivity contribution in [3.63, 3.8) is 0 Å². The van der Waals surface area contributed by atoms with Crippen LogP contribution in [-0.2, 0) is 6.54 Å². The van der Waals surface area contributed by atoms with Gasteiger partial charge in [-0.1, -0.05) is 6.07 Å². The summed E-state index contributed by atoms with van der Waals surface area (Å²) in [4.78, 5) is 2.28. The zero-order chi connectivity index (χ0) is 12.4. The minimum atomic E-state index is -1.61. The van der Waals surface area contributed by atoms with E-state index < -0.39 is 12.9 Å². The van der Waals surface area contributed by atoms with E-state index in [2.05, 4.69) is 11.8 Å². The fraction of sp³-hybridized carbons (Fsp3) is 0.500. The van der Waals surface area contributed by atoms with Crippen LogP contribution in [0.3, 0.4) is 0 Å². The first-order valence-corrected chi connectivity index (χ1v) is 5.96. The second-order valence-corrected chi connectivity index (χ2v) is 4.73. The average Bonchev–Trinajstić information content (AvgIpc) is 2.63. The van der Waals surface area contributed by atoms with Crippen molar-refractivity contribution in [2.24, 2.45) is 0 Å². The first-order valence-electron chi connectivity index (χ1n) is 5.96. The molecule has 5 heteroatoms. The standard InChI is InChI=1S/C12H17BFNO2/c1-9-3-2-4-15(9)8-10-5-11(13(16)17)7-12(14)6-10/h5-7,9,16-17H,2-4,8H2,1H3. The summed E-state index contributed by atoms with van der Waals surface area (Å²) in [6.45, 7) is 3.85. The molecule has 0 saturated carbocycles. The zero-order valence-electron chi connectivity index (χ0n) is 9.93. The Bertz CT molecular complexity index is 400. The van der Waals surface area contributed by atoms with Gasteiger partial charge in [-0.2, -0.15) is 0 Å². The largest absolute Gasteiger partial charge is 0.488 e. The molecule has 1 aromatic carbocycles. The van der Waals surface area contributed by atoms with Crippen LogP contribution in [0.1, 0.15) is 25.3 Å². The quantitative estimate of drug-likeness (QED) is 0.752. The van der Waals surface area contributed by atoms with Crippen LogP contribution in [0.5, 0.6) is 0 Å². The number of hydrogen-bond donors (Lipinski definition) is 2. The third-order valence-electron chi connectivity index (χ3n) is 3.35. The van der Waals surface area contributed by atoms with Crippen LogP contribution in [-0.4, -0.2) is 34.7 Å². The van der Waals surface area contributed by atoms with Gasteiger partial charge in [-0.25, -0.2) is 4.39 Å². The molecule has 1 saturated heterocycles. The van der Waals surface area contributed by atoms with Crippen molar-refractivity contribution >= 4 is 12.6 Å². The molecule has 1 fully saturated rings. The summed E-state index contributed by atoms with van der Waals surface area (Å²) in [5.74, 6) is -0.419. The highest BCUT2D eigenvalue weighted by molar-refractivity contribution is 6.58. The minimum Gasteiger partial charge on any atom is -0.423 e. The number of hydrogen-bond acceptors (Lipinski definition) is 3. The van der Waals surface area contributed by atoms with Crippen LogP contribution in [0.2, 0.25) is 0 Å². The van der Waals surface area contributed by atoms with Gasteiger partial charge in [0, 0.05) is 12.6 Å². The third-order valence-corrected chi connectivity index (χ3v) is 3.35. The summed E-state index contributed by atoms with van der Waals surface area (Å²) in [5.41, 5.74) is 1.01. The molecule has 17 heavy (non-hydrogen) atoms. The van der Waals surface area contributed by atoms with E-state index in [9.17, 15) is 4.39 Å². The Morgan fingerprint density at radius 1 is 1.41 bits per heavy atom. The Balaban J connectivity index is 2.15. The van der Waals surface area contributed by atoms with E-state index in [-0.39, 0.29) is 5.46 Å². The molecular weight excluding hydrogens is 220 g/mol. The van der Waals surface area contributed by atoms with Crippen molar-refractivity contribution in [3.05, 3.63) is 29.6 Å². The number of nitrogens with zero attached hydrogens (tertiary/aromatic N) is 1. The van der Waals surface area contributed by atoms with Crippen molar-refractivity contribution in [2.45, 2.75) is 32.4 Å². The monoisotopic (exact) mass is 237 g/mol. The molecule has 3 nitrogen and oxygen atoms in total. The van der Waals surface area contributed by atoms with Crippen molar-refractivity contribution in [1.82, 2.24) is 4.90 Å². The average molecular weight is 237 g/mol. The van der Waals surface area contributed by atoms with Crippen LogP contribution in [0.4, 0.5) is 4.39 Å². The lowest BCUT2D eigenvalue weighted by Gasteiger charge is -2.21. The maximum Gasteiger partial charge on any atom is 0.488 e. The lowest BCUT2D eigenvalue weighted by Crippen LogP contribution is -2.32. The first-order chi connectivity index (χ1) is 8.06. The number of rotatable bonds is 3. The molecule has 1 atom stereocenters. The minimum absolute atomic E-state index is 0.215. The molecule has 0 aromatic heterocycles. The molecule has 1 unspecified atom stereocenters. The van der Waals surface area contributed by atoms with Crippen molar-refractivity contribution in [3.8, 4) is 0 Å². The van der Waals surface area contributed by atoms with E-state index in [1.807, 2.05) is 0 Å². The Morgan fingerprint density at radius 2 is 2.18 bits per heavy atom. The van der Waals surface area contributed by atoms with Gasteiger partial charge >= 0.3 is 7.12 Å². The van der Waals surface area contributed by atoms with Crippen LogP contribution in [0.15, 0.2) is 18.2 Å². The fourth-order valence-electron chi connectivity index (χ4n) is 2.38. The summed E-state index contributed by atoms with van der Waals surface area (Å²) in [6, 6.07) is 4.78. The zero-order valence-corrected chi connectivity index (χ0v) is 9.93. The van der Waals surface area contributed by atoms with Crippen LogP contribution in [0, 0.1) is 5.82 Å². The highest BCUT2D eigenvalue weighted by Gasteiger charge is 2.21. The van der Waals surface area contributed by atoms with E-state index in [1.54, 1.807) is 6.07 Å². The second-order valence-electron chi connectivity index (χ2n) is 4.73. The van der Waals surface area contributed by atoms with Gasteiger partial charge in [-0.05, 0) is 49.5 Å². The Morgan fingerprint density at radius 3 is 2.76 bits per heavy atom. The summed E-state index contributed by atoms with van der Waals surface area (Å²) in [5, 5.41) is 18.1. The van der Waals surface area contributed by atoms with E-state index in [1.165, 1.54) is 18.9 Å². The van der Waals surface area contributed by atoms with Gasteiger partial charge < -0.3 is 10.0 Å². The summed E-state index contributed by atoms with van der Waals surface area (Å²) in [7, 11) is -1.61. The van der Waals surface area contributed by atoms with Gasteiger partial charge in [0.05, 0.1) is 0 Å². The van der Waals surface area contributed by atoms with E-state index in [0.717, 1.165) is 18.2 Å². The number of halogens is 1. The maximum absolute atomic E-state index is 13.3. The lowest BCUT2D eigenvalue weighted by atomic mass is 9.79. The first kappa shape index (κ1) is 12.5. The van der Waals surface area contributed by atoms with Crippen LogP contribution >= 0.6 is 0 Å². The lowest BCUT2D eigenvalue weighted by molar-refractivity contribution is 0.260. The Labute approximate surface area is 101 Å². The van der Waals surface area contributed by atoms with Gasteiger partial charge in [0.1, 0.15) is 5.82 Å². The summed E-state index contributed by atoms with van der Waals surface area (Å²) < 4.78 is 13.3. The molecule has 1 aliphatic heterocycles. The second kappa shape index (κ2) is 5.17. The van der Waals surface area contributed by atoms with Crippen LogP contribution < -0.4 is 5.46 Å². The van der Waals surface area contributed by atoms with E-state index >= 15 is 0 Å². The van der Waals surface area contributed by atoms with E-state index in [0.29, 0.717) is 12.6 Å². The Hall–Kier alpha value is -0.905. The van der Waals surface area contributed by atoms with Gasteiger partial charge in [-0.15, -0.1) is 0 Å². The van der Waals surface area contributed by atoms with Crippen LogP contribution in [0.25, 0.3) is 0 Å². The molecule has 0 aliphatic carbocycles. The predicted molar refractivity (Wildman–Crippen MR) is 65.3 cm³/mol. The predicted octanol–water partition coefficient (Wildman–Crippen LogP) is 0.490. The number of likely N-dealkylation sites (tertiary alicyclic amines) is 1. The molecule has 2 N–H and O–H groups in total. The molecule has 0 amide bonds. The maximum atomic E-state index is 13.3. The van der Waals surface area contributed by atoms with Gasteiger partial charge in [0.25, 0.3) is 0 Å². The topological polar surface area (TPSA) is 43.7 Å². The van der Waals surface area contributed by atoms with Gasteiger partial charge in [0.15, 0.2) is 0 Å². The number of benzene rings is 1. The summed E-state index contributed by atoms with van der Waals surface area (Å²) in [6.07, 6.45) is 2.34. The van der Waals surface area contributed by atoms with E-state index in [4.69, 9.17) is 10.0 Å². The molecular formula is C12H17BFNO2. The van der Waals surface area contributed by atoms with Gasteiger partial charge in [-0.3, -0.25) is 4.90 Å². The molecule has 1 aromatic rings. The van der Waals surface area contributed by atoms with Crippen molar-refractivity contribution < 1.29 is 14.4 Å². The normalized spacial score (nSPS) is 20.8. The summed E-state index contributed by atoms with van der Waals surface area (Å²) >= 11 is 0. The molecule has 1 heterocycles. The molecule has 0 spiro atoms. The highest BCUT2D eigenvalue weighted by Crippen LogP contribution is 2.19. The third kappa shape index (κ3) is 3.06. The SMILES string of the molecule is CC1CCCN1Cc1cc(F)cc(B(O)O)c1. The fourth-order valence-corrected chi connectivity index (χ4v) is 2.38. The highest BCUT2D eigenvalue weighted by atomic mass is 19.1. The molecule has 2 rings (SSSR count). The Kier molecular flexibility index (Phi) is 3.81. The molecule has 0 radical (unpaired) electrons. The molecule has 0 bridgehead atoms. The molecule has 92 valence electrons.